The van der Waals surface area contributed by atoms with E-state index in [4.69, 9.17) is 10.5 Å². The number of benzene rings is 2. The molecule has 18 heavy (non-hydrogen) atoms. The Morgan fingerprint density at radius 2 is 1.94 bits per heavy atom. The third kappa shape index (κ3) is 2.76. The SMILES string of the molecule is COc1ccc(Nc2ccc(Br)cc2N)cc1C. The van der Waals surface area contributed by atoms with E-state index < -0.39 is 0 Å². The van der Waals surface area contributed by atoms with E-state index in [0.29, 0.717) is 5.69 Å². The standard InChI is InChI=1S/C14H15BrN2O/c1-9-7-11(4-6-14(9)18-2)17-13-5-3-10(15)8-12(13)16/h3-8,17H,16H2,1-2H3. The van der Waals surface area contributed by atoms with Gasteiger partial charge in [0.1, 0.15) is 5.75 Å². The Kier molecular flexibility index (Phi) is 3.77. The summed E-state index contributed by atoms with van der Waals surface area (Å²) < 4.78 is 6.20. The summed E-state index contributed by atoms with van der Waals surface area (Å²) in [5.74, 6) is 0.879. The molecule has 0 aliphatic carbocycles. The zero-order chi connectivity index (χ0) is 13.1. The van der Waals surface area contributed by atoms with Crippen molar-refractivity contribution in [2.75, 3.05) is 18.2 Å². The lowest BCUT2D eigenvalue weighted by atomic mass is 10.2. The highest BCUT2D eigenvalue weighted by molar-refractivity contribution is 9.10. The van der Waals surface area contributed by atoms with E-state index in [-0.39, 0.29) is 0 Å². The molecule has 0 unspecified atom stereocenters. The van der Waals surface area contributed by atoms with Crippen molar-refractivity contribution in [1.82, 2.24) is 0 Å². The van der Waals surface area contributed by atoms with Crippen molar-refractivity contribution in [1.29, 1.82) is 0 Å². The smallest absolute Gasteiger partial charge is 0.121 e. The summed E-state index contributed by atoms with van der Waals surface area (Å²) in [6.45, 7) is 2.01. The predicted molar refractivity (Wildman–Crippen MR) is 79.6 cm³/mol. The molecule has 0 aromatic heterocycles. The lowest BCUT2D eigenvalue weighted by Crippen LogP contribution is -1.97. The molecule has 0 saturated carbocycles. The van der Waals surface area contributed by atoms with Crippen LogP contribution < -0.4 is 15.8 Å². The first-order valence-electron chi connectivity index (χ1n) is 5.57. The summed E-state index contributed by atoms with van der Waals surface area (Å²) in [4.78, 5) is 0. The van der Waals surface area contributed by atoms with E-state index in [9.17, 15) is 0 Å². The molecule has 0 fully saturated rings. The molecule has 0 atom stereocenters. The number of ether oxygens (including phenoxy) is 1. The summed E-state index contributed by atoms with van der Waals surface area (Å²) in [7, 11) is 1.67. The molecule has 0 saturated heterocycles. The second kappa shape index (κ2) is 5.31. The first-order valence-corrected chi connectivity index (χ1v) is 6.36. The Balaban J connectivity index is 2.26. The summed E-state index contributed by atoms with van der Waals surface area (Å²) in [5.41, 5.74) is 9.61. The molecule has 0 heterocycles. The maximum absolute atomic E-state index is 5.95. The van der Waals surface area contributed by atoms with Crippen molar-refractivity contribution in [3.63, 3.8) is 0 Å². The molecule has 3 N–H and O–H groups in total. The minimum Gasteiger partial charge on any atom is -0.496 e. The van der Waals surface area contributed by atoms with Crippen LogP contribution in [0.25, 0.3) is 0 Å². The number of nitrogens with two attached hydrogens (primary N) is 1. The Morgan fingerprint density at radius 1 is 1.17 bits per heavy atom. The van der Waals surface area contributed by atoms with Crippen LogP contribution in [0, 0.1) is 6.92 Å². The van der Waals surface area contributed by atoms with Crippen molar-refractivity contribution in [2.24, 2.45) is 0 Å². The average Bonchev–Trinajstić information content (AvgIpc) is 2.33. The molecular weight excluding hydrogens is 292 g/mol. The minimum atomic E-state index is 0.706. The molecule has 0 bridgehead atoms. The third-order valence-corrected chi connectivity index (χ3v) is 3.18. The highest BCUT2D eigenvalue weighted by atomic mass is 79.9. The van der Waals surface area contributed by atoms with Crippen molar-refractivity contribution in [3.8, 4) is 5.75 Å². The Labute approximate surface area is 115 Å². The van der Waals surface area contributed by atoms with Crippen LogP contribution in [0.1, 0.15) is 5.56 Å². The van der Waals surface area contributed by atoms with E-state index in [1.54, 1.807) is 7.11 Å². The van der Waals surface area contributed by atoms with Crippen molar-refractivity contribution in [3.05, 3.63) is 46.4 Å². The van der Waals surface area contributed by atoms with E-state index in [0.717, 1.165) is 27.2 Å². The lowest BCUT2D eigenvalue weighted by Gasteiger charge is -2.12. The average molecular weight is 307 g/mol. The van der Waals surface area contributed by atoms with Gasteiger partial charge in [0, 0.05) is 10.2 Å². The zero-order valence-corrected chi connectivity index (χ0v) is 11.9. The molecule has 2 aromatic carbocycles. The predicted octanol–water partition coefficient (Wildman–Crippen LogP) is 4.09. The number of anilines is 3. The molecule has 0 aliphatic rings. The number of halogens is 1. The molecular formula is C14H15BrN2O. The normalized spacial score (nSPS) is 10.2. The number of hydrogen-bond donors (Lipinski definition) is 2. The third-order valence-electron chi connectivity index (χ3n) is 2.69. The van der Waals surface area contributed by atoms with Crippen LogP contribution in [-0.2, 0) is 0 Å². The van der Waals surface area contributed by atoms with Crippen LogP contribution in [-0.4, -0.2) is 7.11 Å². The molecule has 0 spiro atoms. The Morgan fingerprint density at radius 3 is 2.56 bits per heavy atom. The fourth-order valence-electron chi connectivity index (χ4n) is 1.76. The molecule has 2 rings (SSSR count). The van der Waals surface area contributed by atoms with Crippen LogP contribution in [0.2, 0.25) is 0 Å². The summed E-state index contributed by atoms with van der Waals surface area (Å²) in [6, 6.07) is 11.7. The summed E-state index contributed by atoms with van der Waals surface area (Å²) in [5, 5.41) is 3.29. The molecule has 0 amide bonds. The van der Waals surface area contributed by atoms with E-state index in [2.05, 4.69) is 21.2 Å². The maximum atomic E-state index is 5.95. The summed E-state index contributed by atoms with van der Waals surface area (Å²) in [6.07, 6.45) is 0. The van der Waals surface area contributed by atoms with Gasteiger partial charge in [-0.05, 0) is 48.9 Å². The van der Waals surface area contributed by atoms with Crippen LogP contribution in [0.15, 0.2) is 40.9 Å². The molecule has 0 aliphatic heterocycles. The van der Waals surface area contributed by atoms with Gasteiger partial charge in [0.15, 0.2) is 0 Å². The van der Waals surface area contributed by atoms with E-state index >= 15 is 0 Å². The van der Waals surface area contributed by atoms with Gasteiger partial charge in [-0.3, -0.25) is 0 Å². The number of nitrogens with one attached hydrogen (secondary N) is 1. The first-order chi connectivity index (χ1) is 8.60. The molecule has 3 nitrogen and oxygen atoms in total. The first kappa shape index (κ1) is 12.8. The van der Waals surface area contributed by atoms with E-state index in [1.165, 1.54) is 0 Å². The van der Waals surface area contributed by atoms with Gasteiger partial charge in [-0.15, -0.1) is 0 Å². The van der Waals surface area contributed by atoms with Crippen molar-refractivity contribution in [2.45, 2.75) is 6.92 Å². The van der Waals surface area contributed by atoms with Gasteiger partial charge < -0.3 is 15.8 Å². The Bertz CT molecular complexity index is 570. The Hall–Kier alpha value is -1.68. The van der Waals surface area contributed by atoms with Gasteiger partial charge in [-0.1, -0.05) is 15.9 Å². The topological polar surface area (TPSA) is 47.3 Å². The molecule has 94 valence electrons. The monoisotopic (exact) mass is 306 g/mol. The maximum Gasteiger partial charge on any atom is 0.121 e. The fraction of sp³-hybridized carbons (Fsp3) is 0.143. The number of aryl methyl sites for hydroxylation is 1. The highest BCUT2D eigenvalue weighted by Gasteiger charge is 2.03. The van der Waals surface area contributed by atoms with Crippen LogP contribution in [0.4, 0.5) is 17.1 Å². The number of methoxy groups -OCH3 is 1. The van der Waals surface area contributed by atoms with E-state index in [1.807, 2.05) is 43.3 Å². The van der Waals surface area contributed by atoms with Gasteiger partial charge in [0.2, 0.25) is 0 Å². The molecule has 2 aromatic rings. The minimum absolute atomic E-state index is 0.706. The highest BCUT2D eigenvalue weighted by Crippen LogP contribution is 2.28. The van der Waals surface area contributed by atoms with Gasteiger partial charge in [0.25, 0.3) is 0 Å². The zero-order valence-electron chi connectivity index (χ0n) is 10.3. The van der Waals surface area contributed by atoms with Gasteiger partial charge in [0.05, 0.1) is 18.5 Å². The van der Waals surface area contributed by atoms with Crippen LogP contribution in [0.5, 0.6) is 5.75 Å². The number of rotatable bonds is 3. The van der Waals surface area contributed by atoms with Crippen molar-refractivity contribution < 1.29 is 4.74 Å². The second-order valence-electron chi connectivity index (χ2n) is 4.04. The lowest BCUT2D eigenvalue weighted by molar-refractivity contribution is 0.412. The second-order valence-corrected chi connectivity index (χ2v) is 4.96. The van der Waals surface area contributed by atoms with Gasteiger partial charge in [-0.25, -0.2) is 0 Å². The summed E-state index contributed by atoms with van der Waals surface area (Å²) >= 11 is 3.39. The molecule has 4 heteroatoms. The van der Waals surface area contributed by atoms with Crippen LogP contribution in [0.3, 0.4) is 0 Å². The molecule has 0 radical (unpaired) electrons. The quantitative estimate of drug-likeness (QED) is 0.840. The van der Waals surface area contributed by atoms with Gasteiger partial charge in [-0.2, -0.15) is 0 Å². The number of hydrogen-bond acceptors (Lipinski definition) is 3. The largest absolute Gasteiger partial charge is 0.496 e. The van der Waals surface area contributed by atoms with Gasteiger partial charge >= 0.3 is 0 Å². The fourth-order valence-corrected chi connectivity index (χ4v) is 2.14. The van der Waals surface area contributed by atoms with Crippen molar-refractivity contribution >= 4 is 33.0 Å². The van der Waals surface area contributed by atoms with Crippen LogP contribution >= 0.6 is 15.9 Å². The number of nitrogen functional groups attached to an aromatic ring is 1.